The Morgan fingerprint density at radius 3 is 2.10 bits per heavy atom. The van der Waals surface area contributed by atoms with Crippen molar-refractivity contribution in [1.82, 2.24) is 0 Å². The third-order valence-electron chi connectivity index (χ3n) is 11.3. The second kappa shape index (κ2) is 18.5. The summed E-state index contributed by atoms with van der Waals surface area (Å²) in [5.74, 6) is -3.46. The predicted molar refractivity (Wildman–Crippen MR) is 183 cm³/mol. The van der Waals surface area contributed by atoms with E-state index in [1.807, 2.05) is 34.6 Å². The molecule has 2 rings (SSSR count). The monoisotopic (exact) mass is 704 g/mol. The predicted octanol–water partition coefficient (Wildman–Crippen LogP) is 4.16. The van der Waals surface area contributed by atoms with Gasteiger partial charge in [-0.05, 0) is 66.2 Å². The Bertz CT molecular complexity index is 1040. The lowest BCUT2D eigenvalue weighted by atomic mass is 9.79. The zero-order valence-corrected chi connectivity index (χ0v) is 32.3. The Morgan fingerprint density at radius 2 is 1.57 bits per heavy atom. The second-order valence-corrected chi connectivity index (χ2v) is 15.3. The molecule has 0 amide bonds. The van der Waals surface area contributed by atoms with Crippen LogP contribution in [-0.4, -0.2) is 112 Å². The molecule has 0 aromatic heterocycles. The summed E-state index contributed by atoms with van der Waals surface area (Å²) in [7, 11) is 1.51. The van der Waals surface area contributed by atoms with E-state index in [9.17, 15) is 30.0 Å². The first-order valence-electron chi connectivity index (χ1n) is 18.4. The minimum atomic E-state index is -1.93. The molecule has 0 saturated carbocycles. The molecule has 49 heavy (non-hydrogen) atoms. The highest BCUT2D eigenvalue weighted by Gasteiger charge is 2.49. The summed E-state index contributed by atoms with van der Waals surface area (Å²) in [5, 5.41) is 44.4. The fourth-order valence-corrected chi connectivity index (χ4v) is 7.35. The third-order valence-corrected chi connectivity index (χ3v) is 11.3. The SMILES string of the molecule is CC[C@@H](C)C(=O)[C@H](C)[C@@H](O)[C@](C)(O)[C@@H](CC)OC(=O)[C@H](C)[C@@H](O[C@H]1C[C@@](C)(OC)[C@@H](O)[C@H](C)O1)[C@H](C)[C@H](CC)O[C@@H]1O[C@H](C)C[C@H](C)[C@H]1O. The van der Waals surface area contributed by atoms with Crippen LogP contribution in [0.25, 0.3) is 0 Å². The van der Waals surface area contributed by atoms with Gasteiger partial charge in [-0.3, -0.25) is 9.59 Å². The van der Waals surface area contributed by atoms with Crippen molar-refractivity contribution in [3.63, 3.8) is 0 Å². The van der Waals surface area contributed by atoms with Gasteiger partial charge in [0.15, 0.2) is 12.6 Å². The topological polar surface area (TPSA) is 170 Å². The summed E-state index contributed by atoms with van der Waals surface area (Å²) in [5.41, 5.74) is -2.90. The highest BCUT2D eigenvalue weighted by Crippen LogP contribution is 2.37. The number of aliphatic hydroxyl groups is 4. The fourth-order valence-electron chi connectivity index (χ4n) is 7.35. The minimum Gasteiger partial charge on any atom is -0.459 e. The molecule has 0 radical (unpaired) electrons. The van der Waals surface area contributed by atoms with E-state index in [1.54, 1.807) is 41.5 Å². The molecule has 0 bridgehead atoms. The molecule has 2 fully saturated rings. The highest BCUT2D eigenvalue weighted by atomic mass is 16.7. The van der Waals surface area contributed by atoms with Crippen LogP contribution in [0.5, 0.6) is 0 Å². The number of methoxy groups -OCH3 is 1. The fraction of sp³-hybridized carbons (Fsp3) is 0.946. The van der Waals surface area contributed by atoms with E-state index in [4.69, 9.17) is 28.4 Å². The van der Waals surface area contributed by atoms with E-state index in [1.165, 1.54) is 14.0 Å². The molecular formula is C37H68O12. The first-order valence-corrected chi connectivity index (χ1v) is 18.4. The van der Waals surface area contributed by atoms with E-state index in [0.29, 0.717) is 19.3 Å². The Labute approximate surface area is 294 Å². The molecule has 2 aliphatic heterocycles. The maximum absolute atomic E-state index is 14.0. The first kappa shape index (κ1) is 43.9. The van der Waals surface area contributed by atoms with Crippen LogP contribution in [0.4, 0.5) is 0 Å². The molecule has 4 N–H and O–H groups in total. The van der Waals surface area contributed by atoms with Gasteiger partial charge in [-0.2, -0.15) is 0 Å². The van der Waals surface area contributed by atoms with Gasteiger partial charge in [-0.25, -0.2) is 0 Å². The van der Waals surface area contributed by atoms with Crippen molar-refractivity contribution in [2.24, 2.45) is 29.6 Å². The number of rotatable bonds is 18. The summed E-state index contributed by atoms with van der Waals surface area (Å²) >= 11 is 0. The number of carbonyl (C=O) groups is 2. The summed E-state index contributed by atoms with van der Waals surface area (Å²) in [4.78, 5) is 26.9. The van der Waals surface area contributed by atoms with Crippen molar-refractivity contribution in [2.75, 3.05) is 7.11 Å². The second-order valence-electron chi connectivity index (χ2n) is 15.3. The minimum absolute atomic E-state index is 0.0323. The quantitative estimate of drug-likeness (QED) is 0.151. The van der Waals surface area contributed by atoms with Gasteiger partial charge < -0.3 is 48.8 Å². The molecule has 12 nitrogen and oxygen atoms in total. The zero-order chi connectivity index (χ0) is 37.6. The van der Waals surface area contributed by atoms with Crippen LogP contribution < -0.4 is 0 Å². The van der Waals surface area contributed by atoms with E-state index < -0.39 is 90.2 Å². The third kappa shape index (κ3) is 10.4. The Hall–Kier alpha value is -1.22. The molecule has 288 valence electrons. The van der Waals surface area contributed by atoms with Crippen LogP contribution in [0.15, 0.2) is 0 Å². The lowest BCUT2D eigenvalue weighted by Gasteiger charge is -2.46. The number of esters is 1. The van der Waals surface area contributed by atoms with Crippen LogP contribution in [-0.2, 0) is 38.0 Å². The van der Waals surface area contributed by atoms with Crippen LogP contribution >= 0.6 is 0 Å². The Balaban J connectivity index is 2.40. The summed E-state index contributed by atoms with van der Waals surface area (Å²) in [6.45, 7) is 21.2. The van der Waals surface area contributed by atoms with Crippen LogP contribution in [0.3, 0.4) is 0 Å². The number of carbonyl (C=O) groups excluding carboxylic acids is 2. The van der Waals surface area contributed by atoms with Crippen molar-refractivity contribution in [3.8, 4) is 0 Å². The summed E-state index contributed by atoms with van der Waals surface area (Å²) in [6.07, 6.45) is -6.04. The van der Waals surface area contributed by atoms with Gasteiger partial charge >= 0.3 is 5.97 Å². The lowest BCUT2D eigenvalue weighted by Crippen LogP contribution is -2.58. The van der Waals surface area contributed by atoms with E-state index in [2.05, 4.69) is 0 Å². The molecular weight excluding hydrogens is 636 g/mol. The molecule has 17 atom stereocenters. The maximum Gasteiger partial charge on any atom is 0.311 e. The molecule has 2 heterocycles. The number of ether oxygens (including phenoxy) is 6. The largest absolute Gasteiger partial charge is 0.459 e. The highest BCUT2D eigenvalue weighted by molar-refractivity contribution is 5.83. The van der Waals surface area contributed by atoms with Gasteiger partial charge in [0.05, 0.1) is 42.0 Å². The number of aliphatic hydroxyl groups excluding tert-OH is 3. The number of Topliss-reactive ketones (excluding diaryl/α,β-unsaturated/α-hetero) is 1. The molecule has 0 spiro atoms. The zero-order valence-electron chi connectivity index (χ0n) is 32.3. The van der Waals surface area contributed by atoms with E-state index in [-0.39, 0.29) is 36.6 Å². The van der Waals surface area contributed by atoms with Crippen LogP contribution in [0, 0.1) is 29.6 Å². The van der Waals surface area contributed by atoms with Gasteiger partial charge in [-0.15, -0.1) is 0 Å². The molecule has 12 heteroatoms. The van der Waals surface area contributed by atoms with Crippen molar-refractivity contribution >= 4 is 11.8 Å². The van der Waals surface area contributed by atoms with Gasteiger partial charge in [-0.1, -0.05) is 48.5 Å². The van der Waals surface area contributed by atoms with Crippen LogP contribution in [0.2, 0.25) is 0 Å². The molecule has 0 aromatic carbocycles. The van der Waals surface area contributed by atoms with Crippen molar-refractivity contribution < 1.29 is 58.4 Å². The molecule has 2 saturated heterocycles. The first-order chi connectivity index (χ1) is 22.7. The average molecular weight is 705 g/mol. The van der Waals surface area contributed by atoms with Crippen molar-refractivity contribution in [1.29, 1.82) is 0 Å². The van der Waals surface area contributed by atoms with E-state index in [0.717, 1.165) is 0 Å². The smallest absolute Gasteiger partial charge is 0.311 e. The Morgan fingerprint density at radius 1 is 0.959 bits per heavy atom. The van der Waals surface area contributed by atoms with Gasteiger partial charge in [0.25, 0.3) is 0 Å². The number of hydrogen-bond donors (Lipinski definition) is 4. The van der Waals surface area contributed by atoms with Gasteiger partial charge in [0.1, 0.15) is 29.7 Å². The standard InChI is InChI=1S/C37H68O12/c1-14-19(4)29(38)23(8)32(40)37(12,43)27(16-3)48-34(42)24(9)31(49-28-18-36(11,44-13)33(41)25(10)46-28)22(7)26(15-2)47-35-30(39)20(5)17-21(6)45-35/h19-28,30-33,35,39-41,43H,14-18H2,1-13H3/t19-,20+,21-,22-,23+,24-,25+,26+,27-,28+,30-,31+,32-,33+,35+,36-,37-/m1/s1. The van der Waals surface area contributed by atoms with E-state index >= 15 is 0 Å². The summed E-state index contributed by atoms with van der Waals surface area (Å²) in [6, 6.07) is 0. The molecule has 0 unspecified atom stereocenters. The van der Waals surface area contributed by atoms with Gasteiger partial charge in [0, 0.05) is 31.3 Å². The molecule has 0 aliphatic carbocycles. The number of hydrogen-bond acceptors (Lipinski definition) is 12. The molecule has 0 aromatic rings. The van der Waals surface area contributed by atoms with Crippen molar-refractivity contribution in [2.45, 2.75) is 188 Å². The lowest BCUT2D eigenvalue weighted by molar-refractivity contribution is -0.306. The molecule has 2 aliphatic rings. The number of ketones is 1. The normalized spacial score (nSPS) is 35.6. The van der Waals surface area contributed by atoms with Crippen LogP contribution in [0.1, 0.15) is 115 Å². The maximum atomic E-state index is 14.0. The Kier molecular flexibility index (Phi) is 16.6. The average Bonchev–Trinajstić information content (AvgIpc) is 3.06. The van der Waals surface area contributed by atoms with Crippen molar-refractivity contribution in [3.05, 3.63) is 0 Å². The van der Waals surface area contributed by atoms with Gasteiger partial charge in [0.2, 0.25) is 0 Å². The summed E-state index contributed by atoms with van der Waals surface area (Å²) < 4.78 is 36.7.